The van der Waals surface area contributed by atoms with E-state index in [-0.39, 0.29) is 12.5 Å². The Morgan fingerprint density at radius 3 is 2.41 bits per heavy atom. The summed E-state index contributed by atoms with van der Waals surface area (Å²) in [5, 5.41) is 13.9. The first-order valence-corrected chi connectivity index (χ1v) is 9.11. The van der Waals surface area contributed by atoms with Gasteiger partial charge in [-0.25, -0.2) is 0 Å². The number of carbonyl (C=O) groups is 1. The highest BCUT2D eigenvalue weighted by Gasteiger charge is 2.20. The average Bonchev–Trinajstić information content (AvgIpc) is 3.12. The fourth-order valence-electron chi connectivity index (χ4n) is 3.11. The maximum absolute atomic E-state index is 12.6. The first kappa shape index (κ1) is 20.4. The summed E-state index contributed by atoms with van der Waals surface area (Å²) < 4.78 is 17.7. The minimum atomic E-state index is -0.887. The molecule has 0 aliphatic heterocycles. The van der Waals surface area contributed by atoms with Crippen LogP contribution in [0, 0.1) is 11.3 Å². The molecule has 2 aromatic carbocycles. The molecular formula is C21H20ClN3O4. The SMILES string of the molecule is COc1cc(C(C#N)NC(=O)Cn2ccc3ccc(Cl)cc32)cc(OC)c1OC. The zero-order chi connectivity index (χ0) is 21.0. The number of methoxy groups -OCH3 is 3. The molecule has 0 aliphatic rings. The molecule has 0 fully saturated rings. The first-order chi connectivity index (χ1) is 14.0. The van der Waals surface area contributed by atoms with Crippen molar-refractivity contribution in [2.75, 3.05) is 21.3 Å². The predicted octanol–water partition coefficient (Wildman–Crippen LogP) is 3.70. The van der Waals surface area contributed by atoms with E-state index in [1.54, 1.807) is 35.0 Å². The predicted molar refractivity (Wildman–Crippen MR) is 110 cm³/mol. The molecule has 1 heterocycles. The number of aromatic nitrogens is 1. The zero-order valence-electron chi connectivity index (χ0n) is 16.2. The van der Waals surface area contributed by atoms with E-state index >= 15 is 0 Å². The molecule has 7 nitrogen and oxygen atoms in total. The van der Waals surface area contributed by atoms with Crippen LogP contribution in [0.5, 0.6) is 17.2 Å². The standard InChI is InChI=1S/C21H20ClN3O4/c1-27-18-8-14(9-19(28-2)21(18)29-3)16(11-23)24-20(26)12-25-7-6-13-4-5-15(22)10-17(13)25/h4-10,16H,12H2,1-3H3,(H,24,26). The lowest BCUT2D eigenvalue weighted by Gasteiger charge is -2.17. The molecule has 1 atom stereocenters. The van der Waals surface area contributed by atoms with E-state index in [0.29, 0.717) is 27.8 Å². The number of fused-ring (bicyclic) bond motifs is 1. The fraction of sp³-hybridized carbons (Fsp3) is 0.238. The molecule has 0 saturated heterocycles. The van der Waals surface area contributed by atoms with Crippen LogP contribution in [0.3, 0.4) is 0 Å². The Morgan fingerprint density at radius 1 is 1.14 bits per heavy atom. The number of nitrogens with one attached hydrogen (secondary N) is 1. The molecule has 0 saturated carbocycles. The van der Waals surface area contributed by atoms with E-state index in [9.17, 15) is 10.1 Å². The van der Waals surface area contributed by atoms with Crippen LogP contribution >= 0.6 is 11.6 Å². The zero-order valence-corrected chi connectivity index (χ0v) is 17.0. The van der Waals surface area contributed by atoms with Crippen LogP contribution in [0.1, 0.15) is 11.6 Å². The molecule has 0 radical (unpaired) electrons. The lowest BCUT2D eigenvalue weighted by molar-refractivity contribution is -0.122. The van der Waals surface area contributed by atoms with E-state index in [4.69, 9.17) is 25.8 Å². The van der Waals surface area contributed by atoms with Crippen LogP contribution in [-0.2, 0) is 11.3 Å². The summed E-state index contributed by atoms with van der Waals surface area (Å²) in [6, 6.07) is 11.9. The summed E-state index contributed by atoms with van der Waals surface area (Å²) in [5.41, 5.74) is 1.37. The van der Waals surface area contributed by atoms with Crippen LogP contribution in [0.4, 0.5) is 0 Å². The molecule has 29 heavy (non-hydrogen) atoms. The maximum atomic E-state index is 12.6. The number of rotatable bonds is 7. The quantitative estimate of drug-likeness (QED) is 0.638. The molecule has 0 aliphatic carbocycles. The van der Waals surface area contributed by atoms with E-state index in [1.165, 1.54) is 21.3 Å². The monoisotopic (exact) mass is 413 g/mol. The van der Waals surface area contributed by atoms with Gasteiger partial charge in [0.05, 0.1) is 27.4 Å². The van der Waals surface area contributed by atoms with Crippen LogP contribution in [0.15, 0.2) is 42.6 Å². The Bertz CT molecular complexity index is 1060. The van der Waals surface area contributed by atoms with Gasteiger partial charge >= 0.3 is 0 Å². The topological polar surface area (TPSA) is 85.5 Å². The second-order valence-electron chi connectivity index (χ2n) is 6.24. The van der Waals surface area contributed by atoms with Gasteiger partial charge in [0.1, 0.15) is 12.6 Å². The average molecular weight is 414 g/mol. The third-order valence-corrected chi connectivity index (χ3v) is 4.74. The number of carbonyl (C=O) groups excluding carboxylic acids is 1. The van der Waals surface area contributed by atoms with E-state index in [2.05, 4.69) is 11.4 Å². The second kappa shape index (κ2) is 8.76. The number of hydrogen-bond donors (Lipinski definition) is 1. The van der Waals surface area contributed by atoms with Crippen LogP contribution in [0.2, 0.25) is 5.02 Å². The van der Waals surface area contributed by atoms with E-state index < -0.39 is 6.04 Å². The molecule has 3 aromatic rings. The summed E-state index contributed by atoms with van der Waals surface area (Å²) in [4.78, 5) is 12.6. The van der Waals surface area contributed by atoms with Crippen LogP contribution in [-0.4, -0.2) is 31.8 Å². The molecule has 8 heteroatoms. The highest BCUT2D eigenvalue weighted by atomic mass is 35.5. The Labute approximate surface area is 173 Å². The van der Waals surface area contributed by atoms with Crippen molar-refractivity contribution >= 4 is 28.4 Å². The van der Waals surface area contributed by atoms with Gasteiger partial charge in [0.2, 0.25) is 11.7 Å². The summed E-state index contributed by atoms with van der Waals surface area (Å²) in [7, 11) is 4.48. The van der Waals surface area contributed by atoms with Gasteiger partial charge in [0.25, 0.3) is 0 Å². The van der Waals surface area contributed by atoms with Crippen molar-refractivity contribution in [3.05, 3.63) is 53.2 Å². The fourth-order valence-corrected chi connectivity index (χ4v) is 3.28. The lowest BCUT2D eigenvalue weighted by atomic mass is 10.1. The molecule has 1 N–H and O–H groups in total. The highest BCUT2D eigenvalue weighted by molar-refractivity contribution is 6.31. The largest absolute Gasteiger partial charge is 0.493 e. The highest BCUT2D eigenvalue weighted by Crippen LogP contribution is 2.39. The van der Waals surface area contributed by atoms with E-state index in [0.717, 1.165) is 10.9 Å². The summed E-state index contributed by atoms with van der Waals surface area (Å²) in [6.45, 7) is 0.0481. The van der Waals surface area contributed by atoms with Crippen molar-refractivity contribution in [3.63, 3.8) is 0 Å². The van der Waals surface area contributed by atoms with Crippen molar-refractivity contribution < 1.29 is 19.0 Å². The number of halogens is 1. The molecule has 1 amide bonds. The van der Waals surface area contributed by atoms with Crippen LogP contribution in [0.25, 0.3) is 10.9 Å². The number of nitrogens with zero attached hydrogens (tertiary/aromatic N) is 2. The Hall–Kier alpha value is -3.37. The minimum absolute atomic E-state index is 0.0481. The molecule has 150 valence electrons. The van der Waals surface area contributed by atoms with Crippen molar-refractivity contribution in [2.45, 2.75) is 12.6 Å². The number of hydrogen-bond acceptors (Lipinski definition) is 5. The molecule has 3 rings (SSSR count). The molecule has 0 bridgehead atoms. The van der Waals surface area contributed by atoms with Gasteiger partial charge in [-0.05, 0) is 41.3 Å². The van der Waals surface area contributed by atoms with Gasteiger partial charge in [-0.2, -0.15) is 5.26 Å². The molecule has 1 aromatic heterocycles. The Balaban J connectivity index is 1.83. The van der Waals surface area contributed by atoms with Gasteiger partial charge in [0, 0.05) is 16.7 Å². The number of benzene rings is 2. The van der Waals surface area contributed by atoms with Gasteiger partial charge < -0.3 is 24.1 Å². The van der Waals surface area contributed by atoms with Crippen molar-refractivity contribution in [2.24, 2.45) is 0 Å². The molecular weight excluding hydrogens is 394 g/mol. The first-order valence-electron chi connectivity index (χ1n) is 8.74. The van der Waals surface area contributed by atoms with Crippen molar-refractivity contribution in [1.82, 2.24) is 9.88 Å². The van der Waals surface area contributed by atoms with Crippen LogP contribution < -0.4 is 19.5 Å². The summed E-state index contributed by atoms with van der Waals surface area (Å²) in [6.07, 6.45) is 1.81. The lowest BCUT2D eigenvalue weighted by Crippen LogP contribution is -2.30. The Morgan fingerprint density at radius 2 is 1.83 bits per heavy atom. The smallest absolute Gasteiger partial charge is 0.241 e. The summed E-state index contributed by atoms with van der Waals surface area (Å²) in [5.74, 6) is 0.907. The normalized spacial score (nSPS) is 11.6. The van der Waals surface area contributed by atoms with Gasteiger partial charge in [-0.15, -0.1) is 0 Å². The maximum Gasteiger partial charge on any atom is 0.241 e. The van der Waals surface area contributed by atoms with Gasteiger partial charge in [-0.1, -0.05) is 17.7 Å². The summed E-state index contributed by atoms with van der Waals surface area (Å²) >= 11 is 6.06. The van der Waals surface area contributed by atoms with Crippen molar-refractivity contribution in [1.29, 1.82) is 5.26 Å². The third kappa shape index (κ3) is 4.23. The van der Waals surface area contributed by atoms with Crippen molar-refractivity contribution in [3.8, 4) is 23.3 Å². The number of amides is 1. The molecule has 1 unspecified atom stereocenters. The molecule has 0 spiro atoms. The minimum Gasteiger partial charge on any atom is -0.493 e. The number of ether oxygens (including phenoxy) is 3. The van der Waals surface area contributed by atoms with Gasteiger partial charge in [-0.3, -0.25) is 4.79 Å². The third-order valence-electron chi connectivity index (χ3n) is 4.50. The van der Waals surface area contributed by atoms with Gasteiger partial charge in [0.15, 0.2) is 11.5 Å². The Kier molecular flexibility index (Phi) is 6.15. The van der Waals surface area contributed by atoms with E-state index in [1.807, 2.05) is 12.1 Å². The number of nitriles is 1. The second-order valence-corrected chi connectivity index (χ2v) is 6.67.